The van der Waals surface area contributed by atoms with Crippen molar-refractivity contribution in [3.8, 4) is 22.3 Å². The van der Waals surface area contributed by atoms with Gasteiger partial charge in [-0.05, 0) is 34.4 Å². The Labute approximate surface area is 267 Å². The van der Waals surface area contributed by atoms with E-state index in [0.29, 0.717) is 0 Å². The van der Waals surface area contributed by atoms with E-state index in [1.54, 1.807) is 0 Å². The predicted octanol–water partition coefficient (Wildman–Crippen LogP) is 3.45. The standard InChI is InChI=1S/C24H16N2.2CHF3O3S.Cu.3H2O/c1-3-7-17(8-4-1)19-13-15-25-23-21(19)11-12-22-20(14-16-26-24(22)23)18-9-5-2-6-10-18;2*2-1(3,4)8(5,6)7;;;;/h1-16H;2*(H,5,6,7);;3*1H2/q;;;+2;;;/p+1. The van der Waals surface area contributed by atoms with Crippen LogP contribution in [0.1, 0.15) is 0 Å². The van der Waals surface area contributed by atoms with E-state index in [1.165, 1.54) is 22.3 Å². The first kappa shape index (κ1) is 44.4. The van der Waals surface area contributed by atoms with Gasteiger partial charge in [-0.15, -0.1) is 0 Å². The molecule has 11 nitrogen and oxygen atoms in total. The van der Waals surface area contributed by atoms with Crippen molar-refractivity contribution in [2.75, 3.05) is 0 Å². The summed E-state index contributed by atoms with van der Waals surface area (Å²) in [6.07, 6.45) is 3.75. The van der Waals surface area contributed by atoms with Crippen LogP contribution in [-0.4, -0.2) is 46.9 Å². The second-order valence-electron chi connectivity index (χ2n) is 8.11. The number of halogens is 6. The number of benzene rings is 3. The minimum absolute atomic E-state index is 0. The Morgan fingerprint density at radius 3 is 1.00 bits per heavy atom. The van der Waals surface area contributed by atoms with Crippen LogP contribution in [0.3, 0.4) is 0 Å². The maximum Gasteiger partial charge on any atom is 2.00 e. The number of hydrogen-bond donors (Lipinski definition) is 0. The monoisotopic (exact) mass is 750 g/mol. The summed E-state index contributed by atoms with van der Waals surface area (Å²) >= 11 is 0. The first-order valence-electron chi connectivity index (χ1n) is 11.2. The second-order valence-corrected chi connectivity index (χ2v) is 10.8. The predicted molar refractivity (Wildman–Crippen MR) is 154 cm³/mol. The Balaban J connectivity index is 0. The summed E-state index contributed by atoms with van der Waals surface area (Å²) in [5.74, 6) is 0. The zero-order valence-electron chi connectivity index (χ0n) is 22.7. The molecule has 5 rings (SSSR count). The van der Waals surface area contributed by atoms with Crippen LogP contribution in [-0.2, 0) is 53.7 Å². The van der Waals surface area contributed by atoms with Crippen LogP contribution in [0.4, 0.5) is 26.3 Å². The van der Waals surface area contributed by atoms with Gasteiger partial charge in [0.05, 0.1) is 11.0 Å². The number of nitrogens with zero attached hydrogens (tertiary/aromatic N) is 2. The molecule has 0 aliphatic heterocycles. The van der Waals surface area contributed by atoms with Gasteiger partial charge in [0.25, 0.3) is 0 Å². The van der Waals surface area contributed by atoms with Gasteiger partial charge < -0.3 is 25.5 Å². The molecule has 0 aliphatic rings. The second kappa shape index (κ2) is 17.3. The summed E-state index contributed by atoms with van der Waals surface area (Å²) in [7, 11) is -12.2. The van der Waals surface area contributed by atoms with Gasteiger partial charge in [0.15, 0.2) is 20.2 Å². The van der Waals surface area contributed by atoms with Crippen LogP contribution in [0.2, 0.25) is 0 Å². The van der Waals surface area contributed by atoms with Gasteiger partial charge in [-0.25, -0.2) is 16.8 Å². The average molecular weight is 751 g/mol. The summed E-state index contributed by atoms with van der Waals surface area (Å²) in [5.41, 5.74) is -4.64. The van der Waals surface area contributed by atoms with Gasteiger partial charge in [-0.1, -0.05) is 72.8 Å². The summed E-state index contributed by atoms with van der Waals surface area (Å²) in [6.45, 7) is 0. The van der Waals surface area contributed by atoms with Gasteiger partial charge >= 0.3 is 28.1 Å². The molecule has 5 aromatic rings. The van der Waals surface area contributed by atoms with E-state index in [-0.39, 0.29) is 33.5 Å². The number of rotatable bonds is 2. The third-order valence-electron chi connectivity index (χ3n) is 5.36. The molecular weight excluding hydrogens is 726 g/mol. The molecule has 9 N–H and O–H groups in total. The van der Waals surface area contributed by atoms with E-state index in [1.807, 2.05) is 24.5 Å². The number of pyridine rings is 2. The van der Waals surface area contributed by atoms with Gasteiger partial charge in [0, 0.05) is 23.2 Å². The molecule has 0 atom stereocenters. The van der Waals surface area contributed by atoms with Gasteiger partial charge in [0.1, 0.15) is 0 Å². The zero-order chi connectivity index (χ0) is 31.3. The molecule has 0 spiro atoms. The van der Waals surface area contributed by atoms with Crippen LogP contribution in [0, 0.1) is 0 Å². The maximum absolute atomic E-state index is 10.7. The molecule has 0 fully saturated rings. The minimum atomic E-state index is -6.09. The smallest absolute Gasteiger partial charge is 0.741 e. The Hall–Kier alpha value is -3.72. The van der Waals surface area contributed by atoms with Crippen LogP contribution >= 0.6 is 0 Å². The number of fused-ring (bicyclic) bond motifs is 3. The van der Waals surface area contributed by atoms with Crippen molar-refractivity contribution in [3.05, 3.63) is 97.3 Å². The van der Waals surface area contributed by atoms with Crippen molar-refractivity contribution < 1.29 is 85.8 Å². The Morgan fingerprint density at radius 1 is 0.500 bits per heavy atom. The van der Waals surface area contributed by atoms with E-state index in [0.717, 1.165) is 21.8 Å². The SMILES string of the molecule is O=S(=O)([O-])C(F)(F)F.O=S(=O)([O-])C(F)(F)F.[Cu+2].[OH3+].[OH3+].[OH3+].c1ccc(-c2ccnc3c2ccc2c(-c4ccccc4)ccnc23)cc1. The van der Waals surface area contributed by atoms with E-state index in [2.05, 4.69) is 82.8 Å². The van der Waals surface area contributed by atoms with Crippen LogP contribution < -0.4 is 0 Å². The van der Waals surface area contributed by atoms with Crippen molar-refractivity contribution in [1.29, 1.82) is 0 Å². The summed E-state index contributed by atoms with van der Waals surface area (Å²) < 4.78 is 118. The zero-order valence-corrected chi connectivity index (χ0v) is 25.3. The van der Waals surface area contributed by atoms with Crippen molar-refractivity contribution >= 4 is 42.0 Å². The number of alkyl halides is 6. The van der Waals surface area contributed by atoms with Crippen molar-refractivity contribution in [2.24, 2.45) is 0 Å². The quantitative estimate of drug-likeness (QED) is 0.0645. The Kier molecular flexibility index (Phi) is 16.7. The molecule has 0 unspecified atom stereocenters. The van der Waals surface area contributed by atoms with E-state index < -0.39 is 31.3 Å². The Morgan fingerprint density at radius 2 is 0.761 bits per heavy atom. The van der Waals surface area contributed by atoms with Gasteiger partial charge in [-0.3, -0.25) is 9.97 Å². The molecular formula is C26H25CuF6N2O9S2+3. The topological polar surface area (TPSA) is 239 Å². The van der Waals surface area contributed by atoms with Crippen LogP contribution in [0.15, 0.2) is 97.3 Å². The van der Waals surface area contributed by atoms with E-state index >= 15 is 0 Å². The fourth-order valence-corrected chi connectivity index (χ4v) is 3.57. The maximum atomic E-state index is 10.7. The molecule has 2 heterocycles. The summed E-state index contributed by atoms with van der Waals surface area (Å²) in [6, 6.07) is 29.3. The molecule has 0 bridgehead atoms. The van der Waals surface area contributed by atoms with Crippen LogP contribution in [0.25, 0.3) is 44.1 Å². The number of aromatic nitrogens is 2. The van der Waals surface area contributed by atoms with Crippen molar-refractivity contribution in [3.63, 3.8) is 0 Å². The normalized spacial score (nSPS) is 11.1. The van der Waals surface area contributed by atoms with Crippen molar-refractivity contribution in [1.82, 2.24) is 9.97 Å². The molecule has 0 aliphatic carbocycles. The third kappa shape index (κ3) is 11.0. The molecule has 0 saturated carbocycles. The molecule has 20 heteroatoms. The van der Waals surface area contributed by atoms with Crippen molar-refractivity contribution in [2.45, 2.75) is 11.0 Å². The molecule has 0 amide bonds. The average Bonchev–Trinajstić information content (AvgIpc) is 2.92. The molecule has 3 aromatic carbocycles. The molecule has 46 heavy (non-hydrogen) atoms. The first-order valence-corrected chi connectivity index (χ1v) is 14.0. The van der Waals surface area contributed by atoms with E-state index in [9.17, 15) is 26.3 Å². The fourth-order valence-electron chi connectivity index (χ4n) is 3.57. The fraction of sp³-hybridized carbons (Fsp3) is 0.0769. The number of hydrogen-bond acceptors (Lipinski definition) is 8. The molecule has 1 radical (unpaired) electrons. The molecule has 2 aromatic heterocycles. The molecule has 0 saturated heterocycles. The third-order valence-corrected chi connectivity index (χ3v) is 6.49. The van der Waals surface area contributed by atoms with Gasteiger partial charge in [-0.2, -0.15) is 26.3 Å². The van der Waals surface area contributed by atoms with E-state index in [4.69, 9.17) is 25.9 Å². The summed E-state index contributed by atoms with van der Waals surface area (Å²) in [5, 5.41) is 2.26. The largest absolute Gasteiger partial charge is 2.00 e. The first-order chi connectivity index (χ1) is 19.4. The molecule has 255 valence electrons. The minimum Gasteiger partial charge on any atom is -0.741 e. The summed E-state index contributed by atoms with van der Waals surface area (Å²) in [4.78, 5) is 9.34. The van der Waals surface area contributed by atoms with Crippen LogP contribution in [0.5, 0.6) is 0 Å². The van der Waals surface area contributed by atoms with Gasteiger partial charge in [0.2, 0.25) is 0 Å². The Bertz CT molecular complexity index is 1780.